The standard InChI is InChI=1S/C14H19NO4S/c1-14(10-12(16)8-9-19-14)11-4-6-13(7-5-11)20(17,18)15(2)3/h4-7H,8-10H2,1-3H3. The summed E-state index contributed by atoms with van der Waals surface area (Å²) in [5, 5.41) is 0. The van der Waals surface area contributed by atoms with E-state index in [-0.39, 0.29) is 10.7 Å². The fourth-order valence-corrected chi connectivity index (χ4v) is 3.18. The van der Waals surface area contributed by atoms with Crippen molar-refractivity contribution in [3.8, 4) is 0 Å². The van der Waals surface area contributed by atoms with Crippen molar-refractivity contribution in [1.82, 2.24) is 4.31 Å². The van der Waals surface area contributed by atoms with Crippen LogP contribution in [0, 0.1) is 0 Å². The highest BCUT2D eigenvalue weighted by molar-refractivity contribution is 7.89. The van der Waals surface area contributed by atoms with Crippen LogP contribution >= 0.6 is 0 Å². The van der Waals surface area contributed by atoms with Gasteiger partial charge in [-0.15, -0.1) is 0 Å². The molecule has 20 heavy (non-hydrogen) atoms. The molecule has 1 aliphatic heterocycles. The molecule has 1 unspecified atom stereocenters. The smallest absolute Gasteiger partial charge is 0.242 e. The second-order valence-corrected chi connectivity index (χ2v) is 7.51. The molecule has 1 aliphatic rings. The summed E-state index contributed by atoms with van der Waals surface area (Å²) in [6.07, 6.45) is 0.773. The molecule has 0 aromatic heterocycles. The Morgan fingerprint density at radius 1 is 1.20 bits per heavy atom. The Morgan fingerprint density at radius 3 is 2.30 bits per heavy atom. The largest absolute Gasteiger partial charge is 0.370 e. The Hall–Kier alpha value is -1.24. The molecule has 1 heterocycles. The van der Waals surface area contributed by atoms with Gasteiger partial charge in [0.05, 0.1) is 17.1 Å². The summed E-state index contributed by atoms with van der Waals surface area (Å²) >= 11 is 0. The van der Waals surface area contributed by atoms with Crippen molar-refractivity contribution in [2.24, 2.45) is 0 Å². The second-order valence-electron chi connectivity index (χ2n) is 5.36. The number of ether oxygens (including phenoxy) is 1. The van der Waals surface area contributed by atoms with Gasteiger partial charge in [0.2, 0.25) is 10.0 Å². The predicted molar refractivity (Wildman–Crippen MR) is 74.9 cm³/mol. The molecule has 5 nitrogen and oxygen atoms in total. The first-order valence-corrected chi connectivity index (χ1v) is 7.88. The number of hydrogen-bond donors (Lipinski definition) is 0. The minimum Gasteiger partial charge on any atom is -0.370 e. The van der Waals surface area contributed by atoms with Gasteiger partial charge < -0.3 is 4.74 Å². The predicted octanol–water partition coefficient (Wildman–Crippen LogP) is 1.53. The van der Waals surface area contributed by atoms with E-state index in [1.807, 2.05) is 6.92 Å². The molecule has 0 bridgehead atoms. The fourth-order valence-electron chi connectivity index (χ4n) is 2.28. The van der Waals surface area contributed by atoms with Crippen LogP contribution in [-0.4, -0.2) is 39.2 Å². The van der Waals surface area contributed by atoms with Crippen LogP contribution in [0.2, 0.25) is 0 Å². The molecular weight excluding hydrogens is 278 g/mol. The molecule has 2 rings (SSSR count). The van der Waals surface area contributed by atoms with Gasteiger partial charge >= 0.3 is 0 Å². The molecular formula is C14H19NO4S. The van der Waals surface area contributed by atoms with Crippen LogP contribution in [0.4, 0.5) is 0 Å². The lowest BCUT2D eigenvalue weighted by molar-refractivity contribution is -0.138. The van der Waals surface area contributed by atoms with Gasteiger partial charge in [0.15, 0.2) is 0 Å². The lowest BCUT2D eigenvalue weighted by Gasteiger charge is -2.33. The summed E-state index contributed by atoms with van der Waals surface area (Å²) in [6.45, 7) is 2.27. The maximum absolute atomic E-state index is 12.0. The van der Waals surface area contributed by atoms with Gasteiger partial charge in [0.1, 0.15) is 5.78 Å². The summed E-state index contributed by atoms with van der Waals surface area (Å²) in [7, 11) is -0.442. The average molecular weight is 297 g/mol. The van der Waals surface area contributed by atoms with Crippen molar-refractivity contribution in [2.45, 2.75) is 30.3 Å². The molecule has 0 aliphatic carbocycles. The summed E-state index contributed by atoms with van der Waals surface area (Å²) in [5.74, 6) is 0.170. The van der Waals surface area contributed by atoms with E-state index in [9.17, 15) is 13.2 Å². The van der Waals surface area contributed by atoms with E-state index >= 15 is 0 Å². The topological polar surface area (TPSA) is 63.7 Å². The van der Waals surface area contributed by atoms with Gasteiger partial charge in [0.25, 0.3) is 0 Å². The minimum atomic E-state index is -3.43. The van der Waals surface area contributed by atoms with E-state index in [4.69, 9.17) is 4.74 Å². The van der Waals surface area contributed by atoms with E-state index in [2.05, 4.69) is 0 Å². The van der Waals surface area contributed by atoms with Crippen LogP contribution < -0.4 is 0 Å². The van der Waals surface area contributed by atoms with Gasteiger partial charge in [-0.05, 0) is 24.6 Å². The molecule has 0 saturated carbocycles. The molecule has 1 atom stereocenters. The summed E-state index contributed by atoms with van der Waals surface area (Å²) in [5.41, 5.74) is 0.165. The minimum absolute atomic E-state index is 0.170. The number of ketones is 1. The van der Waals surface area contributed by atoms with Gasteiger partial charge in [-0.3, -0.25) is 4.79 Å². The first-order chi connectivity index (χ1) is 9.25. The van der Waals surface area contributed by atoms with Gasteiger partial charge in [0, 0.05) is 26.9 Å². The number of rotatable bonds is 3. The van der Waals surface area contributed by atoms with Crippen LogP contribution in [0.3, 0.4) is 0 Å². The van der Waals surface area contributed by atoms with Gasteiger partial charge in [-0.1, -0.05) is 12.1 Å². The van der Waals surface area contributed by atoms with E-state index in [1.54, 1.807) is 24.3 Å². The molecule has 0 amide bonds. The molecule has 0 spiro atoms. The molecule has 1 aromatic carbocycles. The van der Waals surface area contributed by atoms with Crippen molar-refractivity contribution in [3.63, 3.8) is 0 Å². The van der Waals surface area contributed by atoms with Crippen LogP contribution in [0.5, 0.6) is 0 Å². The van der Waals surface area contributed by atoms with Crippen molar-refractivity contribution in [1.29, 1.82) is 0 Å². The summed E-state index contributed by atoms with van der Waals surface area (Å²) in [4.78, 5) is 11.8. The highest BCUT2D eigenvalue weighted by Gasteiger charge is 2.34. The highest BCUT2D eigenvalue weighted by Crippen LogP contribution is 2.33. The molecule has 0 N–H and O–H groups in total. The SMILES string of the molecule is CN(C)S(=O)(=O)c1ccc(C2(C)CC(=O)CCO2)cc1. The summed E-state index contributed by atoms with van der Waals surface area (Å²) < 4.78 is 30.9. The fraction of sp³-hybridized carbons (Fsp3) is 0.500. The zero-order valence-corrected chi connectivity index (χ0v) is 12.7. The van der Waals surface area contributed by atoms with Crippen LogP contribution in [0.15, 0.2) is 29.2 Å². The first kappa shape index (κ1) is 15.2. The van der Waals surface area contributed by atoms with Crippen LogP contribution in [0.1, 0.15) is 25.3 Å². The second kappa shape index (κ2) is 5.27. The third kappa shape index (κ3) is 2.77. The third-order valence-electron chi connectivity index (χ3n) is 3.58. The molecule has 1 fully saturated rings. The van der Waals surface area contributed by atoms with Gasteiger partial charge in [-0.25, -0.2) is 12.7 Å². The van der Waals surface area contributed by atoms with Crippen molar-refractivity contribution in [2.75, 3.05) is 20.7 Å². The Labute approximate surface area is 119 Å². The van der Waals surface area contributed by atoms with Crippen molar-refractivity contribution in [3.05, 3.63) is 29.8 Å². The maximum Gasteiger partial charge on any atom is 0.242 e. The van der Waals surface area contributed by atoms with Crippen LogP contribution in [0.25, 0.3) is 0 Å². The Bertz CT molecular complexity index is 607. The molecule has 6 heteroatoms. The number of hydrogen-bond acceptors (Lipinski definition) is 4. The Kier molecular flexibility index (Phi) is 4.00. The van der Waals surface area contributed by atoms with Crippen molar-refractivity contribution < 1.29 is 17.9 Å². The molecule has 1 saturated heterocycles. The normalized spacial score (nSPS) is 24.1. The number of nitrogens with zero attached hydrogens (tertiary/aromatic N) is 1. The number of benzene rings is 1. The van der Waals surface area contributed by atoms with E-state index in [1.165, 1.54) is 18.4 Å². The van der Waals surface area contributed by atoms with Crippen LogP contribution in [-0.2, 0) is 25.2 Å². The number of carbonyl (C=O) groups excluding carboxylic acids is 1. The quantitative estimate of drug-likeness (QED) is 0.849. The van der Waals surface area contributed by atoms with E-state index in [0.717, 1.165) is 5.56 Å². The zero-order chi connectivity index (χ0) is 15.0. The number of sulfonamides is 1. The Balaban J connectivity index is 2.31. The lowest BCUT2D eigenvalue weighted by Crippen LogP contribution is -2.34. The molecule has 1 aromatic rings. The van der Waals surface area contributed by atoms with E-state index in [0.29, 0.717) is 19.4 Å². The molecule has 0 radical (unpaired) electrons. The maximum atomic E-state index is 12.0. The van der Waals surface area contributed by atoms with E-state index < -0.39 is 15.6 Å². The zero-order valence-electron chi connectivity index (χ0n) is 11.9. The van der Waals surface area contributed by atoms with Gasteiger partial charge in [-0.2, -0.15) is 0 Å². The monoisotopic (exact) mass is 297 g/mol. The van der Waals surface area contributed by atoms with Crippen molar-refractivity contribution >= 4 is 15.8 Å². The third-order valence-corrected chi connectivity index (χ3v) is 5.41. The number of Topliss-reactive ketones (excluding diaryl/α,β-unsaturated/α-hetero) is 1. The number of carbonyl (C=O) groups is 1. The Morgan fingerprint density at radius 2 is 1.80 bits per heavy atom. The average Bonchev–Trinajstić information content (AvgIpc) is 2.38. The lowest BCUT2D eigenvalue weighted by atomic mass is 9.88. The highest BCUT2D eigenvalue weighted by atomic mass is 32.2. The molecule has 110 valence electrons. The summed E-state index contributed by atoms with van der Waals surface area (Å²) in [6, 6.07) is 6.54. The first-order valence-electron chi connectivity index (χ1n) is 6.44.